The Balaban J connectivity index is 1.65. The van der Waals surface area contributed by atoms with E-state index in [0.717, 1.165) is 6.07 Å². The fourth-order valence-electron chi connectivity index (χ4n) is 2.48. The zero-order chi connectivity index (χ0) is 20.3. The Bertz CT molecular complexity index is 1050. The minimum atomic E-state index is -1.10. The van der Waals surface area contributed by atoms with Crippen LogP contribution in [0.4, 0.5) is 14.5 Å². The first kappa shape index (κ1) is 19.5. The molecule has 1 aromatic heterocycles. The van der Waals surface area contributed by atoms with Crippen molar-refractivity contribution in [1.29, 1.82) is 0 Å². The molecule has 3 rings (SSSR count). The average Bonchev–Trinajstić information content (AvgIpc) is 3.11. The highest BCUT2D eigenvalue weighted by Crippen LogP contribution is 2.28. The first-order valence-electron chi connectivity index (χ1n) is 8.13. The first-order valence-corrected chi connectivity index (χ1v) is 8.51. The van der Waals surface area contributed by atoms with Gasteiger partial charge >= 0.3 is 0 Å². The summed E-state index contributed by atoms with van der Waals surface area (Å²) in [6.45, 7) is 0. The molecule has 9 heteroatoms. The summed E-state index contributed by atoms with van der Waals surface area (Å²) in [5.41, 5.74) is 4.82. The van der Waals surface area contributed by atoms with Gasteiger partial charge in [0.2, 0.25) is 5.91 Å². The largest absolute Gasteiger partial charge is 0.441 e. The van der Waals surface area contributed by atoms with E-state index in [9.17, 15) is 18.4 Å². The number of halogens is 3. The van der Waals surface area contributed by atoms with Gasteiger partial charge in [0.15, 0.2) is 11.7 Å². The van der Waals surface area contributed by atoms with Crippen LogP contribution in [0.5, 0.6) is 0 Å². The minimum absolute atomic E-state index is 0.0782. The third kappa shape index (κ3) is 4.34. The second kappa shape index (κ2) is 8.18. The molecule has 0 aliphatic rings. The Morgan fingerprint density at radius 2 is 1.93 bits per heavy atom. The van der Waals surface area contributed by atoms with E-state index in [4.69, 9.17) is 21.8 Å². The molecule has 3 N–H and O–H groups in total. The number of carbonyl (C=O) groups is 2. The summed E-state index contributed by atoms with van der Waals surface area (Å²) in [5, 5.41) is 2.77. The van der Waals surface area contributed by atoms with Gasteiger partial charge in [-0.1, -0.05) is 23.7 Å². The van der Waals surface area contributed by atoms with Gasteiger partial charge in [-0.25, -0.2) is 13.8 Å². The normalized spacial score (nSPS) is 10.7. The summed E-state index contributed by atoms with van der Waals surface area (Å²) in [6.07, 6.45) is 1.56. The Morgan fingerprint density at radius 1 is 1.18 bits per heavy atom. The molecule has 0 atom stereocenters. The predicted octanol–water partition coefficient (Wildman–Crippen LogP) is 3.94. The molecule has 144 valence electrons. The van der Waals surface area contributed by atoms with Crippen LogP contribution in [0.3, 0.4) is 0 Å². The molecule has 0 saturated heterocycles. The maximum atomic E-state index is 13.8. The van der Waals surface area contributed by atoms with Crippen LogP contribution in [0.15, 0.2) is 47.0 Å². The summed E-state index contributed by atoms with van der Waals surface area (Å²) in [4.78, 5) is 27.3. The van der Waals surface area contributed by atoms with Crippen molar-refractivity contribution in [3.05, 3.63) is 70.7 Å². The zero-order valence-corrected chi connectivity index (χ0v) is 15.1. The van der Waals surface area contributed by atoms with Gasteiger partial charge in [0.25, 0.3) is 5.91 Å². The number of primary amides is 1. The van der Waals surface area contributed by atoms with E-state index in [0.29, 0.717) is 28.3 Å². The number of oxazole rings is 1. The topological polar surface area (TPSA) is 98.2 Å². The average molecular weight is 406 g/mol. The lowest BCUT2D eigenvalue weighted by atomic mass is 10.1. The molecule has 0 aliphatic heterocycles. The molecule has 6 nitrogen and oxygen atoms in total. The molecule has 0 spiro atoms. The SMILES string of the molecule is NC(=O)c1cc(NC(=O)CCc2ncc(-c3ccccc3Cl)o2)c(F)cc1F. The number of amides is 2. The van der Waals surface area contributed by atoms with E-state index < -0.39 is 29.0 Å². The lowest BCUT2D eigenvalue weighted by Gasteiger charge is -2.08. The lowest BCUT2D eigenvalue weighted by Crippen LogP contribution is -2.17. The number of rotatable bonds is 6. The summed E-state index contributed by atoms with van der Waals surface area (Å²) >= 11 is 6.10. The van der Waals surface area contributed by atoms with Gasteiger partial charge in [0.05, 0.1) is 22.5 Å². The second-order valence-corrected chi connectivity index (χ2v) is 6.23. The summed E-state index contributed by atoms with van der Waals surface area (Å²) in [5.74, 6) is -3.01. The standard InChI is InChI=1S/C19H14ClF2N3O3/c20-12-4-2-1-3-10(12)16-9-24-18(28-16)6-5-17(26)25-15-7-11(19(23)27)13(21)8-14(15)22/h1-4,7-9H,5-6H2,(H2,23,27)(H,25,26). The molecule has 28 heavy (non-hydrogen) atoms. The van der Waals surface area contributed by atoms with Crippen LogP contribution in [0.1, 0.15) is 22.7 Å². The van der Waals surface area contributed by atoms with Crippen LogP contribution in [-0.4, -0.2) is 16.8 Å². The van der Waals surface area contributed by atoms with Crippen molar-refractivity contribution < 1.29 is 22.8 Å². The molecule has 3 aromatic rings. The van der Waals surface area contributed by atoms with Gasteiger partial charge in [0.1, 0.15) is 11.6 Å². The number of benzene rings is 2. The monoisotopic (exact) mass is 405 g/mol. The van der Waals surface area contributed by atoms with Crippen molar-refractivity contribution in [2.75, 3.05) is 5.32 Å². The number of aryl methyl sites for hydroxylation is 1. The quantitative estimate of drug-likeness (QED) is 0.648. The number of nitrogens with one attached hydrogen (secondary N) is 1. The van der Waals surface area contributed by atoms with E-state index in [2.05, 4.69) is 10.3 Å². The third-order valence-electron chi connectivity index (χ3n) is 3.86. The van der Waals surface area contributed by atoms with Crippen LogP contribution in [-0.2, 0) is 11.2 Å². The Labute approximate surface area is 163 Å². The van der Waals surface area contributed by atoms with Crippen molar-refractivity contribution in [2.45, 2.75) is 12.8 Å². The maximum absolute atomic E-state index is 13.8. The van der Waals surface area contributed by atoms with Gasteiger partial charge in [-0.05, 0) is 18.2 Å². The van der Waals surface area contributed by atoms with Gasteiger partial charge in [0, 0.05) is 24.5 Å². The number of hydrogen-bond donors (Lipinski definition) is 2. The highest BCUT2D eigenvalue weighted by Gasteiger charge is 2.16. The Hall–Kier alpha value is -3.26. The number of carbonyl (C=O) groups excluding carboxylic acids is 2. The molecule has 0 bridgehead atoms. The van der Waals surface area contributed by atoms with Gasteiger partial charge < -0.3 is 15.5 Å². The van der Waals surface area contributed by atoms with Crippen molar-refractivity contribution in [3.63, 3.8) is 0 Å². The second-order valence-electron chi connectivity index (χ2n) is 5.82. The fraction of sp³-hybridized carbons (Fsp3) is 0.105. The van der Waals surface area contributed by atoms with Crippen molar-refractivity contribution >= 4 is 29.1 Å². The Kier molecular flexibility index (Phi) is 5.70. The molecule has 0 aliphatic carbocycles. The smallest absolute Gasteiger partial charge is 0.251 e. The predicted molar refractivity (Wildman–Crippen MR) is 98.8 cm³/mol. The molecule has 0 radical (unpaired) electrons. The van der Waals surface area contributed by atoms with E-state index in [1.807, 2.05) is 0 Å². The van der Waals surface area contributed by atoms with Crippen LogP contribution in [0.25, 0.3) is 11.3 Å². The lowest BCUT2D eigenvalue weighted by molar-refractivity contribution is -0.116. The van der Waals surface area contributed by atoms with Crippen LogP contribution < -0.4 is 11.1 Å². The van der Waals surface area contributed by atoms with E-state index in [1.165, 1.54) is 6.20 Å². The molecule has 2 aromatic carbocycles. The van der Waals surface area contributed by atoms with Gasteiger partial charge in [-0.15, -0.1) is 0 Å². The third-order valence-corrected chi connectivity index (χ3v) is 4.18. The van der Waals surface area contributed by atoms with Crippen LogP contribution in [0, 0.1) is 11.6 Å². The van der Waals surface area contributed by atoms with Crippen molar-refractivity contribution in [3.8, 4) is 11.3 Å². The highest BCUT2D eigenvalue weighted by atomic mass is 35.5. The first-order chi connectivity index (χ1) is 13.3. The summed E-state index contributed by atoms with van der Waals surface area (Å²) < 4.78 is 32.9. The van der Waals surface area contributed by atoms with Gasteiger partial charge in [-0.2, -0.15) is 0 Å². The molecule has 2 amide bonds. The molecule has 1 heterocycles. The number of nitrogens with zero attached hydrogens (tertiary/aromatic N) is 1. The molecule has 0 fully saturated rings. The number of anilines is 1. The highest BCUT2D eigenvalue weighted by molar-refractivity contribution is 6.33. The number of hydrogen-bond acceptors (Lipinski definition) is 4. The fourth-order valence-corrected chi connectivity index (χ4v) is 2.71. The molecule has 0 saturated carbocycles. The minimum Gasteiger partial charge on any atom is -0.441 e. The van der Waals surface area contributed by atoms with Crippen LogP contribution in [0.2, 0.25) is 5.02 Å². The number of aromatic nitrogens is 1. The van der Waals surface area contributed by atoms with Gasteiger partial charge in [-0.3, -0.25) is 9.59 Å². The molecular formula is C19H14ClF2N3O3. The maximum Gasteiger partial charge on any atom is 0.251 e. The van der Waals surface area contributed by atoms with Crippen LogP contribution >= 0.6 is 11.6 Å². The van der Waals surface area contributed by atoms with E-state index >= 15 is 0 Å². The Morgan fingerprint density at radius 3 is 2.64 bits per heavy atom. The summed E-state index contributed by atoms with van der Waals surface area (Å²) in [6, 6.07) is 8.41. The van der Waals surface area contributed by atoms with E-state index in [-0.39, 0.29) is 18.5 Å². The van der Waals surface area contributed by atoms with E-state index in [1.54, 1.807) is 24.3 Å². The molecular weight excluding hydrogens is 392 g/mol. The van der Waals surface area contributed by atoms with Crippen molar-refractivity contribution in [2.24, 2.45) is 5.73 Å². The summed E-state index contributed by atoms with van der Waals surface area (Å²) in [7, 11) is 0. The zero-order valence-electron chi connectivity index (χ0n) is 14.3. The van der Waals surface area contributed by atoms with Crippen molar-refractivity contribution in [1.82, 2.24) is 4.98 Å². The number of nitrogens with two attached hydrogens (primary N) is 1. The molecule has 0 unspecified atom stereocenters.